The summed E-state index contributed by atoms with van der Waals surface area (Å²) in [6, 6.07) is 1.10. The number of carbonyl (C=O) groups is 1. The molecule has 108 valence electrons. The predicted molar refractivity (Wildman–Crippen MR) is 71.2 cm³/mol. The van der Waals surface area contributed by atoms with E-state index in [1.54, 1.807) is 0 Å². The van der Waals surface area contributed by atoms with Gasteiger partial charge in [0.2, 0.25) is 0 Å². The summed E-state index contributed by atoms with van der Waals surface area (Å²) < 4.78 is 31.8. The summed E-state index contributed by atoms with van der Waals surface area (Å²) >= 11 is 2.80. The molecule has 0 atom stereocenters. The summed E-state index contributed by atoms with van der Waals surface area (Å²) in [4.78, 5) is 19.4. The summed E-state index contributed by atoms with van der Waals surface area (Å²) in [6.07, 6.45) is 1.29. The van der Waals surface area contributed by atoms with Gasteiger partial charge in [0, 0.05) is 18.7 Å². The molecule has 5 nitrogen and oxygen atoms in total. The van der Waals surface area contributed by atoms with Crippen LogP contribution < -0.4 is 5.48 Å². The van der Waals surface area contributed by atoms with Crippen LogP contribution >= 0.6 is 15.9 Å². The molecule has 0 fully saturated rings. The maximum absolute atomic E-state index is 14.0. The number of methoxy groups -OCH3 is 1. The first-order chi connectivity index (χ1) is 9.56. The molecule has 1 aromatic carbocycles. The van der Waals surface area contributed by atoms with Gasteiger partial charge in [0.15, 0.2) is 5.82 Å². The number of nitrogens with one attached hydrogen (secondary N) is 2. The zero-order valence-electron chi connectivity index (χ0n) is 10.4. The number of fused-ring (bicyclic) bond motifs is 1. The maximum Gasteiger partial charge on any atom is 0.277 e. The van der Waals surface area contributed by atoms with Crippen molar-refractivity contribution in [2.45, 2.75) is 0 Å². The molecule has 2 rings (SSSR count). The lowest BCUT2D eigenvalue weighted by Crippen LogP contribution is -2.25. The van der Waals surface area contributed by atoms with Crippen LogP contribution in [0.1, 0.15) is 10.4 Å². The van der Waals surface area contributed by atoms with Gasteiger partial charge in [0.05, 0.1) is 28.8 Å². The van der Waals surface area contributed by atoms with Crippen LogP contribution in [0.15, 0.2) is 16.7 Å². The van der Waals surface area contributed by atoms with E-state index in [1.807, 2.05) is 0 Å². The van der Waals surface area contributed by atoms with Crippen molar-refractivity contribution in [3.63, 3.8) is 0 Å². The third kappa shape index (κ3) is 2.82. The van der Waals surface area contributed by atoms with E-state index < -0.39 is 17.5 Å². The molecule has 0 saturated carbocycles. The third-order valence-corrected chi connectivity index (χ3v) is 3.33. The van der Waals surface area contributed by atoms with Gasteiger partial charge in [-0.05, 0) is 22.0 Å². The molecule has 1 aromatic heterocycles. The largest absolute Gasteiger partial charge is 0.382 e. The zero-order chi connectivity index (χ0) is 14.7. The average molecular weight is 349 g/mol. The van der Waals surface area contributed by atoms with Gasteiger partial charge in [0.1, 0.15) is 5.82 Å². The molecular weight excluding hydrogens is 338 g/mol. The molecule has 0 radical (unpaired) electrons. The molecule has 20 heavy (non-hydrogen) atoms. The maximum atomic E-state index is 14.0. The Hall–Kier alpha value is -1.51. The average Bonchev–Trinajstić information content (AvgIpc) is 2.84. The first kappa shape index (κ1) is 14.9. The van der Waals surface area contributed by atoms with Gasteiger partial charge in [0.25, 0.3) is 5.91 Å². The Morgan fingerprint density at radius 3 is 2.90 bits per heavy atom. The van der Waals surface area contributed by atoms with Crippen LogP contribution in [0, 0.1) is 11.6 Å². The Morgan fingerprint density at radius 1 is 1.45 bits per heavy atom. The summed E-state index contributed by atoms with van der Waals surface area (Å²) in [5.74, 6) is -2.23. The number of rotatable bonds is 5. The molecule has 0 spiro atoms. The third-order valence-electron chi connectivity index (χ3n) is 2.60. The lowest BCUT2D eigenvalue weighted by molar-refractivity contribution is 0.00898. The number of hydroxylamine groups is 1. The standard InChI is InChI=1S/C12H11BrF2N2O3/c1-19-2-3-20-17-12(18)6-5-16-8-4-7(14)10(13)11(15)9(6)8/h4-5,16H,2-3H2,1H3,(H,17,18). The molecule has 0 aliphatic carbocycles. The molecule has 0 aliphatic rings. The van der Waals surface area contributed by atoms with Gasteiger partial charge in [-0.1, -0.05) is 0 Å². The van der Waals surface area contributed by atoms with Gasteiger partial charge in [-0.15, -0.1) is 0 Å². The predicted octanol–water partition coefficient (Wildman–Crippen LogP) is 2.52. The van der Waals surface area contributed by atoms with Crippen molar-refractivity contribution in [2.24, 2.45) is 0 Å². The Kier molecular flexibility index (Phi) is 4.69. The van der Waals surface area contributed by atoms with E-state index in [2.05, 4.69) is 26.4 Å². The Labute approximate surface area is 121 Å². The van der Waals surface area contributed by atoms with Gasteiger partial charge < -0.3 is 9.72 Å². The minimum atomic E-state index is -0.844. The summed E-state index contributed by atoms with van der Waals surface area (Å²) in [6.45, 7) is 0.463. The molecule has 0 unspecified atom stereocenters. The van der Waals surface area contributed by atoms with Crippen molar-refractivity contribution < 1.29 is 23.1 Å². The molecule has 2 N–H and O–H groups in total. The molecular formula is C12H11BrF2N2O3. The van der Waals surface area contributed by atoms with E-state index in [9.17, 15) is 13.6 Å². The number of aromatic amines is 1. The Balaban J connectivity index is 2.27. The minimum Gasteiger partial charge on any atom is -0.382 e. The quantitative estimate of drug-likeness (QED) is 0.495. The highest BCUT2D eigenvalue weighted by Gasteiger charge is 2.20. The number of carbonyl (C=O) groups excluding carboxylic acids is 1. The van der Waals surface area contributed by atoms with Crippen LogP contribution in [0.2, 0.25) is 0 Å². The van der Waals surface area contributed by atoms with Crippen LogP contribution in [-0.2, 0) is 9.57 Å². The molecule has 0 aliphatic heterocycles. The number of amides is 1. The molecule has 1 amide bonds. The molecule has 0 bridgehead atoms. The molecule has 8 heteroatoms. The van der Waals surface area contributed by atoms with E-state index in [4.69, 9.17) is 9.57 Å². The van der Waals surface area contributed by atoms with Crippen molar-refractivity contribution in [1.29, 1.82) is 0 Å². The van der Waals surface area contributed by atoms with Crippen molar-refractivity contribution in [1.82, 2.24) is 10.5 Å². The first-order valence-electron chi connectivity index (χ1n) is 5.62. The number of aromatic nitrogens is 1. The Morgan fingerprint density at radius 2 is 2.20 bits per heavy atom. The van der Waals surface area contributed by atoms with Gasteiger partial charge in [-0.2, -0.15) is 0 Å². The fraction of sp³-hybridized carbons (Fsp3) is 0.250. The lowest BCUT2D eigenvalue weighted by atomic mass is 10.1. The summed E-state index contributed by atoms with van der Waals surface area (Å²) in [7, 11) is 1.49. The van der Waals surface area contributed by atoms with Crippen molar-refractivity contribution >= 4 is 32.7 Å². The summed E-state index contributed by atoms with van der Waals surface area (Å²) in [5, 5.41) is -0.00823. The minimum absolute atomic E-state index is 0.00823. The number of hydrogen-bond acceptors (Lipinski definition) is 3. The van der Waals surface area contributed by atoms with Crippen molar-refractivity contribution in [2.75, 3.05) is 20.3 Å². The van der Waals surface area contributed by atoms with Crippen LogP contribution in [0.5, 0.6) is 0 Å². The second kappa shape index (κ2) is 6.29. The Bertz CT molecular complexity index is 645. The van der Waals surface area contributed by atoms with Crippen LogP contribution in [0.4, 0.5) is 8.78 Å². The van der Waals surface area contributed by atoms with Crippen molar-refractivity contribution in [3.8, 4) is 0 Å². The van der Waals surface area contributed by atoms with E-state index in [0.717, 1.165) is 6.07 Å². The number of benzene rings is 1. The van der Waals surface area contributed by atoms with Gasteiger partial charge in [-0.3, -0.25) is 9.63 Å². The highest BCUT2D eigenvalue weighted by Crippen LogP contribution is 2.29. The zero-order valence-corrected chi connectivity index (χ0v) is 12.0. The van der Waals surface area contributed by atoms with E-state index in [-0.39, 0.29) is 27.5 Å². The van der Waals surface area contributed by atoms with Gasteiger partial charge in [-0.25, -0.2) is 14.3 Å². The SMILES string of the molecule is COCCONC(=O)c1c[nH]c2cc(F)c(Br)c(F)c12. The molecule has 1 heterocycles. The van der Waals surface area contributed by atoms with Crippen LogP contribution in [-0.4, -0.2) is 31.2 Å². The smallest absolute Gasteiger partial charge is 0.277 e. The fourth-order valence-electron chi connectivity index (χ4n) is 1.67. The summed E-state index contributed by atoms with van der Waals surface area (Å²) in [5.41, 5.74) is 2.37. The van der Waals surface area contributed by atoms with Crippen LogP contribution in [0.3, 0.4) is 0 Å². The normalized spacial score (nSPS) is 11.0. The van der Waals surface area contributed by atoms with E-state index in [1.165, 1.54) is 13.3 Å². The number of ether oxygens (including phenoxy) is 1. The topological polar surface area (TPSA) is 63.4 Å². The lowest BCUT2D eigenvalue weighted by Gasteiger charge is -2.05. The first-order valence-corrected chi connectivity index (χ1v) is 6.41. The second-order valence-electron chi connectivity index (χ2n) is 3.88. The highest BCUT2D eigenvalue weighted by molar-refractivity contribution is 9.10. The van der Waals surface area contributed by atoms with Crippen molar-refractivity contribution in [3.05, 3.63) is 33.9 Å². The fourth-order valence-corrected chi connectivity index (χ4v) is 1.98. The molecule has 2 aromatic rings. The monoisotopic (exact) mass is 348 g/mol. The number of halogens is 3. The highest BCUT2D eigenvalue weighted by atomic mass is 79.9. The number of hydrogen-bond donors (Lipinski definition) is 2. The second-order valence-corrected chi connectivity index (χ2v) is 4.68. The van der Waals surface area contributed by atoms with E-state index in [0.29, 0.717) is 6.61 Å². The van der Waals surface area contributed by atoms with Gasteiger partial charge >= 0.3 is 0 Å². The van der Waals surface area contributed by atoms with Crippen LogP contribution in [0.25, 0.3) is 10.9 Å². The molecule has 0 saturated heterocycles. The van der Waals surface area contributed by atoms with E-state index >= 15 is 0 Å². The number of H-pyrrole nitrogens is 1.